The fourth-order valence-corrected chi connectivity index (χ4v) is 3.68. The van der Waals surface area contributed by atoms with Gasteiger partial charge in [0.15, 0.2) is 24.0 Å². The van der Waals surface area contributed by atoms with E-state index in [0.717, 1.165) is 11.3 Å². The third kappa shape index (κ3) is 5.19. The van der Waals surface area contributed by atoms with Crippen LogP contribution in [0.4, 0.5) is 11.5 Å². The highest BCUT2D eigenvalue weighted by atomic mass is 35.5. The number of rotatable bonds is 8. The molecule has 0 aliphatic heterocycles. The van der Waals surface area contributed by atoms with Gasteiger partial charge in [0.25, 0.3) is 5.91 Å². The van der Waals surface area contributed by atoms with Crippen LogP contribution in [0.2, 0.25) is 10.0 Å². The number of ether oxygens (including phenoxy) is 1. The highest BCUT2D eigenvalue weighted by molar-refractivity contribution is 6.35. The number of anilines is 1. The molecule has 2 heterocycles. The average molecular weight is 501 g/mol. The van der Waals surface area contributed by atoms with Gasteiger partial charge in [-0.1, -0.05) is 41.4 Å². The van der Waals surface area contributed by atoms with E-state index in [-0.39, 0.29) is 23.9 Å². The lowest BCUT2D eigenvalue weighted by Crippen LogP contribution is -2.15. The standard InChI is InChI=1S/C22H18Cl2N6O4/c1-14-11-21(27-29(14)12-15-16(23)5-4-6-17(15)24)25-22(31)18-9-10-28(26-18)13-34-20-8-3-2-7-19(20)30(32)33/h2-11H,12-13H2,1H3,(H,25,27,31). The highest BCUT2D eigenvalue weighted by Gasteiger charge is 2.16. The maximum absolute atomic E-state index is 12.6. The van der Waals surface area contributed by atoms with Crippen molar-refractivity contribution in [2.45, 2.75) is 20.2 Å². The molecule has 0 fully saturated rings. The number of hydrogen-bond donors (Lipinski definition) is 1. The van der Waals surface area contributed by atoms with Gasteiger partial charge in [0, 0.05) is 39.6 Å². The number of hydrogen-bond acceptors (Lipinski definition) is 6. The third-order valence-electron chi connectivity index (χ3n) is 4.88. The number of carbonyl (C=O) groups is 1. The molecular formula is C22H18Cl2N6O4. The molecule has 0 unspecified atom stereocenters. The van der Waals surface area contributed by atoms with E-state index < -0.39 is 10.8 Å². The minimum absolute atomic E-state index is 0.105. The van der Waals surface area contributed by atoms with Gasteiger partial charge in [0.1, 0.15) is 0 Å². The number of nitro groups is 1. The molecule has 1 amide bonds. The number of para-hydroxylation sites is 2. The fourth-order valence-electron chi connectivity index (χ4n) is 3.17. The summed E-state index contributed by atoms with van der Waals surface area (Å²) in [4.78, 5) is 23.2. The van der Waals surface area contributed by atoms with E-state index >= 15 is 0 Å². The molecule has 34 heavy (non-hydrogen) atoms. The molecule has 2 aromatic heterocycles. The number of amides is 1. The van der Waals surface area contributed by atoms with Crippen molar-refractivity contribution < 1.29 is 14.5 Å². The quantitative estimate of drug-likeness (QED) is 0.270. The van der Waals surface area contributed by atoms with Crippen LogP contribution >= 0.6 is 23.2 Å². The molecule has 0 aliphatic carbocycles. The molecule has 0 saturated heterocycles. The molecule has 1 N–H and O–H groups in total. The lowest BCUT2D eigenvalue weighted by molar-refractivity contribution is -0.386. The van der Waals surface area contributed by atoms with E-state index in [4.69, 9.17) is 27.9 Å². The van der Waals surface area contributed by atoms with E-state index in [2.05, 4.69) is 15.5 Å². The second-order valence-corrected chi connectivity index (χ2v) is 8.04. The Kier molecular flexibility index (Phi) is 6.80. The van der Waals surface area contributed by atoms with Crippen LogP contribution in [0.5, 0.6) is 5.75 Å². The van der Waals surface area contributed by atoms with Crippen LogP contribution in [-0.2, 0) is 13.3 Å². The first-order valence-corrected chi connectivity index (χ1v) is 10.8. The number of aryl methyl sites for hydroxylation is 1. The largest absolute Gasteiger partial charge is 0.464 e. The molecule has 10 nitrogen and oxygen atoms in total. The van der Waals surface area contributed by atoms with E-state index in [9.17, 15) is 14.9 Å². The maximum Gasteiger partial charge on any atom is 0.311 e. The monoisotopic (exact) mass is 500 g/mol. The van der Waals surface area contributed by atoms with Gasteiger partial charge in [0.05, 0.1) is 11.5 Å². The molecule has 0 bridgehead atoms. The molecule has 2 aromatic carbocycles. The zero-order chi connectivity index (χ0) is 24.2. The SMILES string of the molecule is Cc1cc(NC(=O)c2ccn(COc3ccccc3[N+](=O)[O-])n2)nn1Cc1c(Cl)cccc1Cl. The van der Waals surface area contributed by atoms with Crippen molar-refractivity contribution in [3.8, 4) is 5.75 Å². The zero-order valence-corrected chi connectivity index (χ0v) is 19.3. The predicted octanol–water partition coefficient (Wildman–Crippen LogP) is 4.94. The van der Waals surface area contributed by atoms with Crippen LogP contribution < -0.4 is 10.1 Å². The molecule has 12 heteroatoms. The van der Waals surface area contributed by atoms with Gasteiger partial charge in [-0.15, -0.1) is 0 Å². The molecule has 0 spiro atoms. The smallest absolute Gasteiger partial charge is 0.311 e. The first-order chi connectivity index (χ1) is 16.3. The number of halogens is 2. The first-order valence-electron chi connectivity index (χ1n) is 10.00. The van der Waals surface area contributed by atoms with Crippen molar-refractivity contribution in [2.75, 3.05) is 5.32 Å². The Morgan fingerprint density at radius 3 is 2.59 bits per heavy atom. The van der Waals surface area contributed by atoms with Gasteiger partial charge in [-0.3, -0.25) is 19.6 Å². The number of benzene rings is 2. The number of nitro benzene ring substituents is 1. The zero-order valence-electron chi connectivity index (χ0n) is 17.8. The summed E-state index contributed by atoms with van der Waals surface area (Å²) in [7, 11) is 0. The summed E-state index contributed by atoms with van der Waals surface area (Å²) in [6.07, 6.45) is 1.53. The van der Waals surface area contributed by atoms with Crippen molar-refractivity contribution in [3.63, 3.8) is 0 Å². The van der Waals surface area contributed by atoms with Crippen molar-refractivity contribution in [1.82, 2.24) is 19.6 Å². The van der Waals surface area contributed by atoms with Crippen LogP contribution in [0, 0.1) is 17.0 Å². The van der Waals surface area contributed by atoms with Crippen molar-refractivity contribution in [3.05, 3.63) is 97.9 Å². The Balaban J connectivity index is 1.41. The lowest BCUT2D eigenvalue weighted by Gasteiger charge is -2.08. The normalized spacial score (nSPS) is 10.8. The average Bonchev–Trinajstić information content (AvgIpc) is 3.41. The van der Waals surface area contributed by atoms with Crippen molar-refractivity contribution in [2.24, 2.45) is 0 Å². The molecule has 0 saturated carbocycles. The number of nitrogens with zero attached hydrogens (tertiary/aromatic N) is 5. The Hall–Kier alpha value is -3.89. The minimum atomic E-state index is -0.530. The van der Waals surface area contributed by atoms with Gasteiger partial charge in [-0.05, 0) is 31.2 Å². The van der Waals surface area contributed by atoms with Gasteiger partial charge in [-0.25, -0.2) is 4.68 Å². The Morgan fingerprint density at radius 1 is 1.12 bits per heavy atom. The van der Waals surface area contributed by atoms with E-state index in [1.807, 2.05) is 6.92 Å². The Labute approximate surface area is 203 Å². The van der Waals surface area contributed by atoms with Gasteiger partial charge >= 0.3 is 5.69 Å². The van der Waals surface area contributed by atoms with Crippen LogP contribution in [0.15, 0.2) is 60.8 Å². The van der Waals surface area contributed by atoms with Crippen LogP contribution in [-0.4, -0.2) is 30.4 Å². The summed E-state index contributed by atoms with van der Waals surface area (Å²) in [5, 5.41) is 23.4. The molecule has 4 rings (SSSR count). The Morgan fingerprint density at radius 2 is 1.85 bits per heavy atom. The Bertz CT molecular complexity index is 1350. The molecule has 0 atom stereocenters. The second kappa shape index (κ2) is 9.94. The summed E-state index contributed by atoms with van der Waals surface area (Å²) in [6.45, 7) is 2.09. The molecule has 174 valence electrons. The van der Waals surface area contributed by atoms with Crippen molar-refractivity contribution >= 4 is 40.6 Å². The second-order valence-electron chi connectivity index (χ2n) is 7.22. The molecule has 0 radical (unpaired) electrons. The van der Waals surface area contributed by atoms with Gasteiger partial charge < -0.3 is 10.1 Å². The van der Waals surface area contributed by atoms with E-state index in [0.29, 0.717) is 22.4 Å². The molecule has 0 aliphatic rings. The van der Waals surface area contributed by atoms with Gasteiger partial charge in [-0.2, -0.15) is 10.2 Å². The first kappa shape index (κ1) is 23.3. The molecular weight excluding hydrogens is 483 g/mol. The lowest BCUT2D eigenvalue weighted by atomic mass is 10.2. The fraction of sp³-hybridized carbons (Fsp3) is 0.136. The van der Waals surface area contributed by atoms with Crippen LogP contribution in [0.25, 0.3) is 0 Å². The maximum atomic E-state index is 12.6. The van der Waals surface area contributed by atoms with Crippen molar-refractivity contribution in [1.29, 1.82) is 0 Å². The number of carbonyl (C=O) groups excluding carboxylic acids is 1. The summed E-state index contributed by atoms with van der Waals surface area (Å²) in [5.74, 6) is -0.0186. The topological polar surface area (TPSA) is 117 Å². The minimum Gasteiger partial charge on any atom is -0.464 e. The number of aromatic nitrogens is 4. The summed E-state index contributed by atoms with van der Waals surface area (Å²) >= 11 is 12.5. The summed E-state index contributed by atoms with van der Waals surface area (Å²) in [6, 6.07) is 14.5. The van der Waals surface area contributed by atoms with Crippen LogP contribution in [0.1, 0.15) is 21.7 Å². The summed E-state index contributed by atoms with van der Waals surface area (Å²) in [5.41, 5.74) is 1.51. The molecule has 4 aromatic rings. The predicted molar refractivity (Wildman–Crippen MR) is 126 cm³/mol. The number of nitrogens with one attached hydrogen (secondary N) is 1. The third-order valence-corrected chi connectivity index (χ3v) is 5.59. The van der Waals surface area contributed by atoms with E-state index in [1.165, 1.54) is 29.1 Å². The summed E-state index contributed by atoms with van der Waals surface area (Å²) < 4.78 is 8.52. The van der Waals surface area contributed by atoms with E-state index in [1.54, 1.807) is 41.1 Å². The van der Waals surface area contributed by atoms with Crippen LogP contribution in [0.3, 0.4) is 0 Å². The van der Waals surface area contributed by atoms with Gasteiger partial charge in [0.2, 0.25) is 0 Å². The highest BCUT2D eigenvalue weighted by Crippen LogP contribution is 2.27.